The third-order valence-electron chi connectivity index (χ3n) is 3.90. The molecule has 104 valence electrons. The Morgan fingerprint density at radius 3 is 2.47 bits per heavy atom. The van der Waals surface area contributed by atoms with Crippen LogP contribution in [0.3, 0.4) is 0 Å². The number of hydrogen-bond donors (Lipinski definition) is 2. The van der Waals surface area contributed by atoms with Crippen molar-refractivity contribution < 1.29 is 4.79 Å². The van der Waals surface area contributed by atoms with E-state index in [1.165, 1.54) is 12.8 Å². The van der Waals surface area contributed by atoms with Gasteiger partial charge in [0.05, 0.1) is 5.41 Å². The summed E-state index contributed by atoms with van der Waals surface area (Å²) in [6.07, 6.45) is 2.36. The van der Waals surface area contributed by atoms with E-state index in [1.807, 2.05) is 38.1 Å². The maximum Gasteiger partial charge on any atom is 0.230 e. The summed E-state index contributed by atoms with van der Waals surface area (Å²) in [5.41, 5.74) is 6.22. The zero-order valence-corrected chi connectivity index (χ0v) is 13.0. The zero-order valence-electron chi connectivity index (χ0n) is 11.4. The van der Waals surface area contributed by atoms with E-state index in [9.17, 15) is 4.79 Å². The average molecular weight is 325 g/mol. The van der Waals surface area contributed by atoms with E-state index in [0.29, 0.717) is 12.5 Å². The average Bonchev–Trinajstić information content (AvgIpc) is 3.20. The number of hydrogen-bond acceptors (Lipinski definition) is 2. The Morgan fingerprint density at radius 1 is 1.42 bits per heavy atom. The van der Waals surface area contributed by atoms with Crippen LogP contribution in [0.25, 0.3) is 0 Å². The standard InChI is InChI=1S/C15H21BrN2O/c1-15(2,11-5-7-12(16)8-6-11)14(19)18-13(9-17)10-3-4-10/h5-8,10,13H,3-4,9,17H2,1-2H3,(H,18,19). The van der Waals surface area contributed by atoms with Crippen LogP contribution in [-0.4, -0.2) is 18.5 Å². The second-order valence-corrected chi connectivity index (χ2v) is 6.70. The van der Waals surface area contributed by atoms with E-state index in [1.54, 1.807) is 0 Å². The molecule has 3 nitrogen and oxygen atoms in total. The van der Waals surface area contributed by atoms with E-state index in [4.69, 9.17) is 5.73 Å². The minimum atomic E-state index is -0.539. The molecule has 1 atom stereocenters. The molecule has 4 heteroatoms. The van der Waals surface area contributed by atoms with Gasteiger partial charge in [0, 0.05) is 17.1 Å². The quantitative estimate of drug-likeness (QED) is 0.874. The Kier molecular flexibility index (Phi) is 4.31. The Hall–Kier alpha value is -0.870. The molecule has 0 aliphatic heterocycles. The van der Waals surface area contributed by atoms with Gasteiger partial charge in [-0.3, -0.25) is 4.79 Å². The molecule has 19 heavy (non-hydrogen) atoms. The molecule has 1 saturated carbocycles. The molecule has 1 aromatic rings. The van der Waals surface area contributed by atoms with Crippen LogP contribution < -0.4 is 11.1 Å². The minimum Gasteiger partial charge on any atom is -0.351 e. The lowest BCUT2D eigenvalue weighted by molar-refractivity contribution is -0.126. The summed E-state index contributed by atoms with van der Waals surface area (Å²) in [6, 6.07) is 8.02. The summed E-state index contributed by atoms with van der Waals surface area (Å²) in [7, 11) is 0. The van der Waals surface area contributed by atoms with Crippen LogP contribution in [0, 0.1) is 5.92 Å². The van der Waals surface area contributed by atoms with Gasteiger partial charge in [0.1, 0.15) is 0 Å². The van der Waals surface area contributed by atoms with Crippen molar-refractivity contribution in [3.63, 3.8) is 0 Å². The maximum atomic E-state index is 12.5. The first-order valence-electron chi connectivity index (χ1n) is 6.72. The van der Waals surface area contributed by atoms with Crippen LogP contribution >= 0.6 is 15.9 Å². The van der Waals surface area contributed by atoms with Gasteiger partial charge >= 0.3 is 0 Å². The molecule has 2 rings (SSSR count). The lowest BCUT2D eigenvalue weighted by atomic mass is 9.83. The highest BCUT2D eigenvalue weighted by Gasteiger charge is 2.36. The third kappa shape index (κ3) is 3.37. The third-order valence-corrected chi connectivity index (χ3v) is 4.42. The van der Waals surface area contributed by atoms with Gasteiger partial charge in [-0.15, -0.1) is 0 Å². The van der Waals surface area contributed by atoms with Crippen molar-refractivity contribution >= 4 is 21.8 Å². The van der Waals surface area contributed by atoms with Crippen molar-refractivity contribution in [2.75, 3.05) is 6.54 Å². The van der Waals surface area contributed by atoms with E-state index < -0.39 is 5.41 Å². The molecule has 0 bridgehead atoms. The smallest absolute Gasteiger partial charge is 0.230 e. The van der Waals surface area contributed by atoms with Gasteiger partial charge in [0.15, 0.2) is 0 Å². The van der Waals surface area contributed by atoms with E-state index in [-0.39, 0.29) is 11.9 Å². The molecule has 1 aliphatic rings. The molecular formula is C15H21BrN2O. The van der Waals surface area contributed by atoms with Gasteiger partial charge in [-0.2, -0.15) is 0 Å². The van der Waals surface area contributed by atoms with Crippen molar-refractivity contribution in [2.45, 2.75) is 38.1 Å². The molecule has 1 fully saturated rings. The van der Waals surface area contributed by atoms with Gasteiger partial charge in [-0.1, -0.05) is 28.1 Å². The Balaban J connectivity index is 2.09. The second kappa shape index (κ2) is 5.63. The Morgan fingerprint density at radius 2 is 2.00 bits per heavy atom. The summed E-state index contributed by atoms with van der Waals surface area (Å²) in [5, 5.41) is 3.11. The number of nitrogens with two attached hydrogens (primary N) is 1. The molecule has 0 radical (unpaired) electrons. The van der Waals surface area contributed by atoms with Gasteiger partial charge in [-0.25, -0.2) is 0 Å². The SMILES string of the molecule is CC(C)(C(=O)NC(CN)C1CC1)c1ccc(Br)cc1. The monoisotopic (exact) mass is 324 g/mol. The van der Waals surface area contributed by atoms with Crippen molar-refractivity contribution in [3.05, 3.63) is 34.3 Å². The number of nitrogens with one attached hydrogen (secondary N) is 1. The van der Waals surface area contributed by atoms with Gasteiger partial charge in [0.2, 0.25) is 5.91 Å². The normalized spacial score (nSPS) is 17.1. The lowest BCUT2D eigenvalue weighted by Crippen LogP contribution is -2.48. The predicted octanol–water partition coefficient (Wildman–Crippen LogP) is 2.58. The van der Waals surface area contributed by atoms with Crippen LogP contribution in [0.2, 0.25) is 0 Å². The molecule has 1 aromatic carbocycles. The molecule has 0 spiro atoms. The molecule has 1 unspecified atom stereocenters. The highest BCUT2D eigenvalue weighted by atomic mass is 79.9. The molecule has 0 heterocycles. The minimum absolute atomic E-state index is 0.0529. The van der Waals surface area contributed by atoms with Gasteiger partial charge in [-0.05, 0) is 50.3 Å². The first-order valence-corrected chi connectivity index (χ1v) is 7.51. The van der Waals surface area contributed by atoms with Crippen molar-refractivity contribution in [3.8, 4) is 0 Å². The summed E-state index contributed by atoms with van der Waals surface area (Å²) >= 11 is 3.41. The van der Waals surface area contributed by atoms with Gasteiger partial charge in [0.25, 0.3) is 0 Å². The molecule has 1 aliphatic carbocycles. The largest absolute Gasteiger partial charge is 0.351 e. The van der Waals surface area contributed by atoms with Gasteiger partial charge < -0.3 is 11.1 Å². The van der Waals surface area contributed by atoms with Crippen molar-refractivity contribution in [2.24, 2.45) is 11.7 Å². The number of halogens is 1. The number of rotatable bonds is 5. The summed E-state index contributed by atoms with van der Waals surface area (Å²) in [5.74, 6) is 0.631. The zero-order chi connectivity index (χ0) is 14.0. The van der Waals surface area contributed by atoms with Crippen molar-refractivity contribution in [1.29, 1.82) is 0 Å². The number of carbonyl (C=O) groups is 1. The topological polar surface area (TPSA) is 55.1 Å². The number of benzene rings is 1. The molecule has 1 amide bonds. The van der Waals surface area contributed by atoms with Crippen molar-refractivity contribution in [1.82, 2.24) is 5.32 Å². The fourth-order valence-electron chi connectivity index (χ4n) is 2.21. The van der Waals surface area contributed by atoms with Crippen LogP contribution in [0.15, 0.2) is 28.7 Å². The maximum absolute atomic E-state index is 12.5. The molecular weight excluding hydrogens is 304 g/mol. The summed E-state index contributed by atoms with van der Waals surface area (Å²) < 4.78 is 1.02. The highest BCUT2D eigenvalue weighted by molar-refractivity contribution is 9.10. The Bertz CT molecular complexity index is 452. The van der Waals surface area contributed by atoms with E-state index in [2.05, 4.69) is 21.2 Å². The van der Waals surface area contributed by atoms with Crippen LogP contribution in [-0.2, 0) is 10.2 Å². The fourth-order valence-corrected chi connectivity index (χ4v) is 2.48. The van der Waals surface area contributed by atoms with Crippen LogP contribution in [0.5, 0.6) is 0 Å². The first-order chi connectivity index (χ1) is 8.95. The van der Waals surface area contributed by atoms with E-state index >= 15 is 0 Å². The predicted molar refractivity (Wildman–Crippen MR) is 80.9 cm³/mol. The van der Waals surface area contributed by atoms with E-state index in [0.717, 1.165) is 10.0 Å². The fraction of sp³-hybridized carbons (Fsp3) is 0.533. The molecule has 0 aromatic heterocycles. The molecule has 3 N–H and O–H groups in total. The molecule has 0 saturated heterocycles. The number of carbonyl (C=O) groups excluding carboxylic acids is 1. The first kappa shape index (κ1) is 14.5. The number of amides is 1. The summed E-state index contributed by atoms with van der Waals surface area (Å²) in [6.45, 7) is 4.42. The lowest BCUT2D eigenvalue weighted by Gasteiger charge is -2.27. The highest BCUT2D eigenvalue weighted by Crippen LogP contribution is 2.33. The van der Waals surface area contributed by atoms with Crippen LogP contribution in [0.4, 0.5) is 0 Å². The van der Waals surface area contributed by atoms with Crippen LogP contribution in [0.1, 0.15) is 32.3 Å². The second-order valence-electron chi connectivity index (χ2n) is 5.78. The summed E-state index contributed by atoms with van der Waals surface area (Å²) in [4.78, 5) is 12.5. The Labute approximate surface area is 123 Å².